The molecule has 0 aromatic heterocycles. The lowest BCUT2D eigenvalue weighted by Crippen LogP contribution is -2.48. The highest BCUT2D eigenvalue weighted by Crippen LogP contribution is 2.39. The fourth-order valence-electron chi connectivity index (χ4n) is 6.31. The summed E-state index contributed by atoms with van der Waals surface area (Å²) < 4.78 is 30.1. The molecule has 2 N–H and O–H groups in total. The van der Waals surface area contributed by atoms with Gasteiger partial charge in [-0.1, -0.05) is 85.5 Å². The van der Waals surface area contributed by atoms with Gasteiger partial charge >= 0.3 is 6.09 Å². The quantitative estimate of drug-likeness (QED) is 0.283. The van der Waals surface area contributed by atoms with Crippen molar-refractivity contribution < 1.29 is 33.6 Å². The second-order valence-corrected chi connectivity index (χ2v) is 11.8. The van der Waals surface area contributed by atoms with Gasteiger partial charge in [-0.05, 0) is 27.8 Å². The Labute approximate surface area is 264 Å². The molecule has 0 bridgehead atoms. The molecule has 0 unspecified atom stereocenters. The predicted molar refractivity (Wildman–Crippen MR) is 169 cm³/mol. The standard InChI is InChI=1S/C36H42N2O7/c1-2-19-41-35(40)37-23-30-5-3-4-6-32(30)27-11-13-29(14-12-27)34-44-31(22-33(45-34)28-9-7-26(25-39)8-10-28)24-38-17-15-36(16-18-38)42-20-21-43-36/h2-14,31,33-34,39H,1,15-25H2,(H,37,40)/t31-,33+,34+/m1/s1. The first kappa shape index (κ1) is 31.4. The molecular weight excluding hydrogens is 572 g/mol. The molecule has 3 heterocycles. The van der Waals surface area contributed by atoms with Gasteiger partial charge in [0.2, 0.25) is 0 Å². The van der Waals surface area contributed by atoms with Crippen LogP contribution in [0.25, 0.3) is 11.1 Å². The van der Waals surface area contributed by atoms with E-state index in [1.54, 1.807) is 0 Å². The Kier molecular flexibility index (Phi) is 10.2. The predicted octanol–water partition coefficient (Wildman–Crippen LogP) is 5.64. The fraction of sp³-hybridized carbons (Fsp3) is 0.417. The van der Waals surface area contributed by atoms with Crippen molar-refractivity contribution in [3.8, 4) is 11.1 Å². The number of likely N-dealkylation sites (tertiary alicyclic amines) is 1. The number of hydrogen-bond acceptors (Lipinski definition) is 8. The number of ether oxygens (including phenoxy) is 5. The third-order valence-corrected chi connectivity index (χ3v) is 8.77. The van der Waals surface area contributed by atoms with Crippen LogP contribution in [0.1, 0.15) is 53.9 Å². The van der Waals surface area contributed by atoms with Gasteiger partial charge in [-0.2, -0.15) is 0 Å². The second-order valence-electron chi connectivity index (χ2n) is 11.8. The minimum atomic E-state index is -0.533. The summed E-state index contributed by atoms with van der Waals surface area (Å²) in [5, 5.41) is 12.3. The molecule has 3 aliphatic rings. The SMILES string of the molecule is C=CCOC(=O)NCc1ccccc1-c1ccc([C@H]2O[C@@H](CN3CCC4(CC3)OCCO4)C[C@@H](c3ccc(CO)cc3)O2)cc1. The van der Waals surface area contributed by atoms with Crippen molar-refractivity contribution in [1.82, 2.24) is 10.2 Å². The molecule has 0 saturated carbocycles. The van der Waals surface area contributed by atoms with Crippen LogP contribution in [0.15, 0.2) is 85.5 Å². The summed E-state index contributed by atoms with van der Waals surface area (Å²) in [4.78, 5) is 14.4. The number of amides is 1. The molecule has 3 saturated heterocycles. The second kappa shape index (κ2) is 14.7. The van der Waals surface area contributed by atoms with Gasteiger partial charge in [0.05, 0.1) is 32.0 Å². The zero-order valence-electron chi connectivity index (χ0n) is 25.6. The van der Waals surface area contributed by atoms with E-state index in [2.05, 4.69) is 41.1 Å². The maximum absolute atomic E-state index is 12.0. The van der Waals surface area contributed by atoms with Crippen LogP contribution < -0.4 is 5.32 Å². The number of carbonyl (C=O) groups is 1. The number of aliphatic hydroxyl groups is 1. The first-order valence-electron chi connectivity index (χ1n) is 15.7. The lowest BCUT2D eigenvalue weighted by Gasteiger charge is -2.41. The lowest BCUT2D eigenvalue weighted by atomic mass is 9.97. The number of nitrogens with one attached hydrogen (secondary N) is 1. The zero-order chi connectivity index (χ0) is 31.1. The van der Waals surface area contributed by atoms with Crippen LogP contribution in [-0.2, 0) is 36.8 Å². The van der Waals surface area contributed by atoms with E-state index >= 15 is 0 Å². The molecule has 0 radical (unpaired) electrons. The largest absolute Gasteiger partial charge is 0.445 e. The summed E-state index contributed by atoms with van der Waals surface area (Å²) in [7, 11) is 0. The van der Waals surface area contributed by atoms with Gasteiger partial charge in [-0.25, -0.2) is 4.79 Å². The van der Waals surface area contributed by atoms with Crippen LogP contribution in [-0.4, -0.2) is 67.4 Å². The average Bonchev–Trinajstić information content (AvgIpc) is 3.55. The highest BCUT2D eigenvalue weighted by Gasteiger charge is 2.41. The Morgan fingerprint density at radius 2 is 1.69 bits per heavy atom. The van der Waals surface area contributed by atoms with E-state index in [9.17, 15) is 9.90 Å². The Bertz CT molecular complexity index is 1410. The summed E-state index contributed by atoms with van der Waals surface area (Å²) in [5.41, 5.74) is 5.91. The van der Waals surface area contributed by atoms with Gasteiger partial charge in [-0.15, -0.1) is 0 Å². The van der Waals surface area contributed by atoms with Gasteiger partial charge < -0.3 is 39.0 Å². The first-order chi connectivity index (χ1) is 22.0. The minimum Gasteiger partial charge on any atom is -0.445 e. The Balaban J connectivity index is 1.16. The molecule has 45 heavy (non-hydrogen) atoms. The maximum atomic E-state index is 12.0. The molecule has 3 aromatic carbocycles. The Hall–Kier alpha value is -3.57. The topological polar surface area (TPSA) is 98.7 Å². The summed E-state index contributed by atoms with van der Waals surface area (Å²) in [6.45, 7) is 8.04. The molecule has 3 atom stereocenters. The van der Waals surface area contributed by atoms with Crippen molar-refractivity contribution in [1.29, 1.82) is 0 Å². The highest BCUT2D eigenvalue weighted by atomic mass is 16.7. The molecule has 3 aromatic rings. The number of hydrogen-bond donors (Lipinski definition) is 2. The van der Waals surface area contributed by atoms with Crippen molar-refractivity contribution in [2.24, 2.45) is 0 Å². The molecule has 3 aliphatic heterocycles. The monoisotopic (exact) mass is 614 g/mol. The third kappa shape index (κ3) is 7.81. The van der Waals surface area contributed by atoms with Crippen molar-refractivity contribution in [3.63, 3.8) is 0 Å². The molecule has 0 aliphatic carbocycles. The maximum Gasteiger partial charge on any atom is 0.407 e. The lowest BCUT2D eigenvalue weighted by molar-refractivity contribution is -0.255. The molecule has 1 spiro atoms. The molecule has 9 nitrogen and oxygen atoms in total. The van der Waals surface area contributed by atoms with E-state index in [1.807, 2.05) is 48.5 Å². The smallest absolute Gasteiger partial charge is 0.407 e. The van der Waals surface area contributed by atoms with Gasteiger partial charge in [0.15, 0.2) is 12.1 Å². The summed E-state index contributed by atoms with van der Waals surface area (Å²) in [6.07, 6.45) is 2.80. The Morgan fingerprint density at radius 3 is 2.40 bits per heavy atom. The van der Waals surface area contributed by atoms with Crippen LogP contribution in [0.5, 0.6) is 0 Å². The molecule has 9 heteroatoms. The van der Waals surface area contributed by atoms with Crippen LogP contribution in [0.3, 0.4) is 0 Å². The number of alkyl carbamates (subject to hydrolysis) is 1. The normalized spacial score (nSPS) is 23.1. The van der Waals surface area contributed by atoms with Crippen molar-refractivity contribution in [2.75, 3.05) is 39.5 Å². The molecule has 3 fully saturated rings. The van der Waals surface area contributed by atoms with Crippen LogP contribution in [0, 0.1) is 0 Å². The average molecular weight is 615 g/mol. The summed E-state index contributed by atoms with van der Waals surface area (Å²) >= 11 is 0. The number of nitrogens with zero attached hydrogens (tertiary/aromatic N) is 1. The third-order valence-electron chi connectivity index (χ3n) is 8.77. The number of piperidine rings is 1. The van der Waals surface area contributed by atoms with E-state index in [-0.39, 0.29) is 25.4 Å². The van der Waals surface area contributed by atoms with Crippen molar-refractivity contribution in [2.45, 2.75) is 56.7 Å². The van der Waals surface area contributed by atoms with Crippen molar-refractivity contribution >= 4 is 6.09 Å². The van der Waals surface area contributed by atoms with Crippen LogP contribution in [0.4, 0.5) is 4.79 Å². The Morgan fingerprint density at radius 1 is 0.978 bits per heavy atom. The number of aliphatic hydroxyl groups excluding tert-OH is 1. The fourth-order valence-corrected chi connectivity index (χ4v) is 6.31. The highest BCUT2D eigenvalue weighted by molar-refractivity contribution is 5.70. The molecule has 1 amide bonds. The van der Waals surface area contributed by atoms with E-state index in [0.29, 0.717) is 19.8 Å². The number of carbonyl (C=O) groups excluding carboxylic acids is 1. The van der Waals surface area contributed by atoms with Gasteiger partial charge in [0.25, 0.3) is 0 Å². The minimum absolute atomic E-state index is 0.00891. The molecular formula is C36H42N2O7. The van der Waals surface area contributed by atoms with Crippen LogP contribution in [0.2, 0.25) is 0 Å². The van der Waals surface area contributed by atoms with Gasteiger partial charge in [0, 0.05) is 51.0 Å². The zero-order valence-corrected chi connectivity index (χ0v) is 25.6. The van der Waals surface area contributed by atoms with Gasteiger partial charge in [-0.3, -0.25) is 0 Å². The van der Waals surface area contributed by atoms with E-state index in [0.717, 1.165) is 72.3 Å². The van der Waals surface area contributed by atoms with E-state index in [1.165, 1.54) is 6.08 Å². The number of benzene rings is 3. The molecule has 238 valence electrons. The van der Waals surface area contributed by atoms with Crippen LogP contribution >= 0.6 is 0 Å². The number of rotatable bonds is 10. The van der Waals surface area contributed by atoms with Crippen molar-refractivity contribution in [3.05, 3.63) is 108 Å². The summed E-state index contributed by atoms with van der Waals surface area (Å²) in [6, 6.07) is 24.2. The van der Waals surface area contributed by atoms with Gasteiger partial charge in [0.1, 0.15) is 6.61 Å². The van der Waals surface area contributed by atoms with E-state index in [4.69, 9.17) is 23.7 Å². The molecule has 6 rings (SSSR count). The van der Waals surface area contributed by atoms with E-state index < -0.39 is 18.2 Å². The first-order valence-corrected chi connectivity index (χ1v) is 15.7. The summed E-state index contributed by atoms with van der Waals surface area (Å²) in [5.74, 6) is -0.405.